The number of hydrogen-bond donors (Lipinski definition) is 0. The molecule has 0 spiro atoms. The van der Waals surface area contributed by atoms with Gasteiger partial charge in [-0.05, 0) is 36.6 Å². The third-order valence-electron chi connectivity index (χ3n) is 4.40. The van der Waals surface area contributed by atoms with Crippen LogP contribution in [-0.4, -0.2) is 34.9 Å². The lowest BCUT2D eigenvalue weighted by Crippen LogP contribution is -2.38. The first-order chi connectivity index (χ1) is 13.8. The van der Waals surface area contributed by atoms with Crippen LogP contribution in [0.5, 0.6) is 0 Å². The standard InChI is InChI=1S/C18H14ClN3O7/c19-14-5-3-12(9-16(14)22(27)28)18(24)29-10-17(23)20-7-1-2-11-8-13(21(25)26)4-6-15(11)20/h3-6,8-9H,1-2,7,10H2. The number of nitrogens with zero attached hydrogens (tertiary/aromatic N) is 3. The van der Waals surface area contributed by atoms with Crippen LogP contribution in [0, 0.1) is 20.2 Å². The van der Waals surface area contributed by atoms with Crippen molar-refractivity contribution >= 4 is 40.5 Å². The normalized spacial score (nSPS) is 12.8. The summed E-state index contributed by atoms with van der Waals surface area (Å²) in [5.41, 5.74) is 0.583. The van der Waals surface area contributed by atoms with Crippen molar-refractivity contribution in [3.63, 3.8) is 0 Å². The Morgan fingerprint density at radius 2 is 1.86 bits per heavy atom. The average Bonchev–Trinajstić information content (AvgIpc) is 2.70. The number of hydrogen-bond acceptors (Lipinski definition) is 7. The van der Waals surface area contributed by atoms with Crippen molar-refractivity contribution in [1.29, 1.82) is 0 Å². The number of amides is 1. The topological polar surface area (TPSA) is 133 Å². The summed E-state index contributed by atoms with van der Waals surface area (Å²) in [5, 5.41) is 21.7. The zero-order valence-corrected chi connectivity index (χ0v) is 15.6. The van der Waals surface area contributed by atoms with Crippen LogP contribution in [0.2, 0.25) is 5.02 Å². The zero-order valence-electron chi connectivity index (χ0n) is 14.9. The van der Waals surface area contributed by atoms with Gasteiger partial charge in [0.05, 0.1) is 15.4 Å². The number of rotatable bonds is 5. The van der Waals surface area contributed by atoms with E-state index in [1.54, 1.807) is 0 Å². The number of esters is 1. The number of anilines is 1. The van der Waals surface area contributed by atoms with Crippen LogP contribution in [0.1, 0.15) is 22.3 Å². The second kappa shape index (κ2) is 8.23. The molecule has 150 valence electrons. The van der Waals surface area contributed by atoms with Gasteiger partial charge >= 0.3 is 5.97 Å². The smallest absolute Gasteiger partial charge is 0.338 e. The van der Waals surface area contributed by atoms with Crippen molar-refractivity contribution in [2.24, 2.45) is 0 Å². The quantitative estimate of drug-likeness (QED) is 0.412. The van der Waals surface area contributed by atoms with Gasteiger partial charge in [0, 0.05) is 30.4 Å². The molecule has 10 nitrogen and oxygen atoms in total. The van der Waals surface area contributed by atoms with E-state index in [9.17, 15) is 29.8 Å². The second-order valence-electron chi connectivity index (χ2n) is 6.22. The molecule has 2 aromatic rings. The van der Waals surface area contributed by atoms with Crippen molar-refractivity contribution in [2.45, 2.75) is 12.8 Å². The molecule has 11 heteroatoms. The molecule has 0 aliphatic carbocycles. The molecule has 0 aromatic heterocycles. The Bertz CT molecular complexity index is 1020. The molecule has 0 radical (unpaired) electrons. The molecule has 29 heavy (non-hydrogen) atoms. The van der Waals surface area contributed by atoms with E-state index in [1.165, 1.54) is 35.2 Å². The number of nitro benzene ring substituents is 2. The van der Waals surface area contributed by atoms with Crippen molar-refractivity contribution in [3.05, 3.63) is 72.8 Å². The molecule has 3 rings (SSSR count). The van der Waals surface area contributed by atoms with Crippen molar-refractivity contribution in [3.8, 4) is 0 Å². The van der Waals surface area contributed by atoms with Crippen LogP contribution < -0.4 is 4.90 Å². The molecule has 1 amide bonds. The highest BCUT2D eigenvalue weighted by Crippen LogP contribution is 2.30. The predicted octanol–water partition coefficient (Wildman–Crippen LogP) is 3.29. The monoisotopic (exact) mass is 419 g/mol. The van der Waals surface area contributed by atoms with Crippen LogP contribution in [0.3, 0.4) is 0 Å². The first kappa shape index (κ1) is 20.2. The highest BCUT2D eigenvalue weighted by Gasteiger charge is 2.25. The number of benzene rings is 2. The number of ether oxygens (including phenoxy) is 1. The van der Waals surface area contributed by atoms with Crippen molar-refractivity contribution in [2.75, 3.05) is 18.1 Å². The summed E-state index contributed by atoms with van der Waals surface area (Å²) < 4.78 is 4.99. The van der Waals surface area contributed by atoms with Crippen molar-refractivity contribution in [1.82, 2.24) is 0 Å². The minimum absolute atomic E-state index is 0.0613. The molecule has 1 heterocycles. The Kier molecular flexibility index (Phi) is 5.74. The van der Waals surface area contributed by atoms with Gasteiger partial charge in [-0.1, -0.05) is 11.6 Å². The van der Waals surface area contributed by atoms with Crippen LogP contribution in [0.4, 0.5) is 17.1 Å². The zero-order chi connectivity index (χ0) is 21.1. The fourth-order valence-electron chi connectivity index (χ4n) is 3.02. The molecule has 0 fully saturated rings. The number of non-ortho nitro benzene ring substituents is 1. The minimum atomic E-state index is -0.904. The molecule has 0 bridgehead atoms. The van der Waals surface area contributed by atoms with Gasteiger partial charge in [0.15, 0.2) is 6.61 Å². The molecule has 0 saturated heterocycles. The highest BCUT2D eigenvalue weighted by atomic mass is 35.5. The van der Waals surface area contributed by atoms with Gasteiger partial charge in [-0.25, -0.2) is 4.79 Å². The van der Waals surface area contributed by atoms with E-state index >= 15 is 0 Å². The van der Waals surface area contributed by atoms with E-state index in [1.807, 2.05) is 0 Å². The molecule has 0 unspecified atom stereocenters. The Hall–Kier alpha value is -3.53. The summed E-state index contributed by atoms with van der Waals surface area (Å²) in [7, 11) is 0. The number of fused-ring (bicyclic) bond motifs is 1. The summed E-state index contributed by atoms with van der Waals surface area (Å²) in [6, 6.07) is 7.67. The lowest BCUT2D eigenvalue weighted by atomic mass is 10.0. The molecule has 0 saturated carbocycles. The Labute approximate surface area is 168 Å². The Balaban J connectivity index is 1.71. The summed E-state index contributed by atoms with van der Waals surface area (Å²) in [6.07, 6.45) is 1.20. The summed E-state index contributed by atoms with van der Waals surface area (Å²) >= 11 is 5.71. The summed E-state index contributed by atoms with van der Waals surface area (Å²) in [5.74, 6) is -1.41. The molecular weight excluding hydrogens is 406 g/mol. The van der Waals surface area contributed by atoms with E-state index in [2.05, 4.69) is 0 Å². The summed E-state index contributed by atoms with van der Waals surface area (Å²) in [6.45, 7) is -0.195. The number of aryl methyl sites for hydroxylation is 1. The van der Waals surface area contributed by atoms with Gasteiger partial charge < -0.3 is 9.64 Å². The van der Waals surface area contributed by atoms with Gasteiger partial charge in [0.2, 0.25) is 0 Å². The first-order valence-electron chi connectivity index (χ1n) is 8.46. The number of carbonyl (C=O) groups is 2. The fraction of sp³-hybridized carbons (Fsp3) is 0.222. The Morgan fingerprint density at radius 3 is 2.55 bits per heavy atom. The van der Waals surface area contributed by atoms with Crippen LogP contribution >= 0.6 is 11.6 Å². The number of carbonyl (C=O) groups excluding carboxylic acids is 2. The van der Waals surface area contributed by atoms with E-state index in [4.69, 9.17) is 16.3 Å². The van der Waals surface area contributed by atoms with Crippen LogP contribution in [-0.2, 0) is 16.0 Å². The molecule has 1 aliphatic heterocycles. The molecule has 1 aliphatic rings. The van der Waals surface area contributed by atoms with Gasteiger partial charge in [-0.15, -0.1) is 0 Å². The third kappa shape index (κ3) is 4.32. The van der Waals surface area contributed by atoms with E-state index < -0.39 is 34.0 Å². The van der Waals surface area contributed by atoms with E-state index in [-0.39, 0.29) is 16.3 Å². The molecular formula is C18H14ClN3O7. The fourth-order valence-corrected chi connectivity index (χ4v) is 3.21. The van der Waals surface area contributed by atoms with E-state index in [0.717, 1.165) is 6.07 Å². The maximum atomic E-state index is 12.5. The van der Waals surface area contributed by atoms with Gasteiger partial charge in [-0.2, -0.15) is 0 Å². The van der Waals surface area contributed by atoms with Gasteiger partial charge in [-0.3, -0.25) is 25.0 Å². The SMILES string of the molecule is O=C(OCC(=O)N1CCCc2cc([N+](=O)[O-])ccc21)c1ccc(Cl)c([N+](=O)[O-])c1. The molecule has 2 aromatic carbocycles. The predicted molar refractivity (Wildman–Crippen MR) is 102 cm³/mol. The number of halogens is 1. The average molecular weight is 420 g/mol. The molecule has 0 atom stereocenters. The van der Waals surface area contributed by atoms with Crippen LogP contribution in [0.25, 0.3) is 0 Å². The minimum Gasteiger partial charge on any atom is -0.452 e. The highest BCUT2D eigenvalue weighted by molar-refractivity contribution is 6.32. The lowest BCUT2D eigenvalue weighted by molar-refractivity contribution is -0.385. The van der Waals surface area contributed by atoms with Gasteiger partial charge in [0.1, 0.15) is 5.02 Å². The largest absolute Gasteiger partial charge is 0.452 e. The van der Waals surface area contributed by atoms with Crippen LogP contribution in [0.15, 0.2) is 36.4 Å². The third-order valence-corrected chi connectivity index (χ3v) is 4.72. The van der Waals surface area contributed by atoms with Crippen molar-refractivity contribution < 1.29 is 24.2 Å². The summed E-state index contributed by atoms with van der Waals surface area (Å²) in [4.78, 5) is 46.7. The molecule has 0 N–H and O–H groups in total. The first-order valence-corrected chi connectivity index (χ1v) is 8.84. The number of nitro groups is 2. The second-order valence-corrected chi connectivity index (χ2v) is 6.63. The van der Waals surface area contributed by atoms with E-state index in [0.29, 0.717) is 30.6 Å². The van der Waals surface area contributed by atoms with Gasteiger partial charge in [0.25, 0.3) is 17.3 Å². The Morgan fingerprint density at radius 1 is 1.10 bits per heavy atom. The maximum absolute atomic E-state index is 12.5. The maximum Gasteiger partial charge on any atom is 0.338 e. The lowest BCUT2D eigenvalue weighted by Gasteiger charge is -2.29.